The van der Waals surface area contributed by atoms with Gasteiger partial charge in [-0.25, -0.2) is 0 Å². The second-order valence-electron chi connectivity index (χ2n) is 5.06. The van der Waals surface area contributed by atoms with Crippen LogP contribution >= 0.6 is 0 Å². The zero-order chi connectivity index (χ0) is 12.9. The highest BCUT2D eigenvalue weighted by Gasteiger charge is 2.14. The average Bonchev–Trinajstić information content (AvgIpc) is 2.27. The minimum Gasteiger partial charge on any atom is -0.478 e. The van der Waals surface area contributed by atoms with Crippen LogP contribution in [-0.2, 0) is 4.74 Å². The van der Waals surface area contributed by atoms with Crippen molar-refractivity contribution in [3.8, 4) is 6.07 Å². The van der Waals surface area contributed by atoms with E-state index in [1.807, 2.05) is 57.2 Å². The number of benzene rings is 1. The van der Waals surface area contributed by atoms with E-state index in [1.165, 1.54) is 5.56 Å². The summed E-state index contributed by atoms with van der Waals surface area (Å²) in [6, 6.07) is 12.2. The third kappa shape index (κ3) is 4.74. The smallest absolute Gasteiger partial charge is 0.194 e. The van der Waals surface area contributed by atoms with E-state index in [4.69, 9.17) is 10.00 Å². The summed E-state index contributed by atoms with van der Waals surface area (Å²) in [5, 5.41) is 9.04. The van der Waals surface area contributed by atoms with Crippen molar-refractivity contribution < 1.29 is 4.74 Å². The van der Waals surface area contributed by atoms with Gasteiger partial charge in [0.15, 0.2) is 5.76 Å². The molecule has 0 fully saturated rings. The van der Waals surface area contributed by atoms with Gasteiger partial charge < -0.3 is 4.74 Å². The Morgan fingerprint density at radius 3 is 2.35 bits per heavy atom. The van der Waals surface area contributed by atoms with Gasteiger partial charge in [0.25, 0.3) is 0 Å². The van der Waals surface area contributed by atoms with E-state index >= 15 is 0 Å². The summed E-state index contributed by atoms with van der Waals surface area (Å²) in [5.74, 6) is 0.557. The Labute approximate surface area is 104 Å². The molecule has 0 aliphatic heterocycles. The van der Waals surface area contributed by atoms with Crippen LogP contribution in [0.15, 0.2) is 42.2 Å². The average molecular weight is 229 g/mol. The molecule has 1 atom stereocenters. The number of nitriles is 1. The summed E-state index contributed by atoms with van der Waals surface area (Å²) in [4.78, 5) is 0. The molecule has 0 aliphatic rings. The van der Waals surface area contributed by atoms with E-state index in [0.717, 1.165) is 0 Å². The van der Waals surface area contributed by atoms with Gasteiger partial charge in [-0.15, -0.1) is 0 Å². The van der Waals surface area contributed by atoms with Crippen LogP contribution in [-0.4, -0.2) is 5.60 Å². The Hall–Kier alpha value is -1.75. The lowest BCUT2D eigenvalue weighted by molar-refractivity contribution is 0.0608. The summed E-state index contributed by atoms with van der Waals surface area (Å²) in [5.41, 5.74) is 0.843. The SMILES string of the molecule is CC(C=C(C#N)OC(C)(C)C)c1ccccc1. The van der Waals surface area contributed by atoms with E-state index in [1.54, 1.807) is 0 Å². The number of rotatable bonds is 3. The molecule has 1 aromatic rings. The van der Waals surface area contributed by atoms with Crippen molar-refractivity contribution in [2.45, 2.75) is 39.2 Å². The van der Waals surface area contributed by atoms with Crippen LogP contribution < -0.4 is 0 Å². The van der Waals surface area contributed by atoms with Crippen molar-refractivity contribution >= 4 is 0 Å². The molecule has 17 heavy (non-hydrogen) atoms. The fraction of sp³-hybridized carbons (Fsp3) is 0.400. The maximum atomic E-state index is 9.04. The largest absolute Gasteiger partial charge is 0.478 e. The summed E-state index contributed by atoms with van der Waals surface area (Å²) >= 11 is 0. The molecule has 1 rings (SSSR count). The van der Waals surface area contributed by atoms with E-state index in [2.05, 4.69) is 13.0 Å². The zero-order valence-corrected chi connectivity index (χ0v) is 10.9. The molecule has 0 radical (unpaired) electrons. The van der Waals surface area contributed by atoms with Crippen LogP contribution in [0, 0.1) is 11.3 Å². The van der Waals surface area contributed by atoms with Crippen molar-refractivity contribution in [2.75, 3.05) is 0 Å². The highest BCUT2D eigenvalue weighted by Crippen LogP contribution is 2.20. The number of ether oxygens (including phenoxy) is 1. The standard InChI is InChI=1S/C15H19NO/c1-12(13-8-6-5-7-9-13)10-14(11-16)17-15(2,3)4/h5-10,12H,1-4H3. The lowest BCUT2D eigenvalue weighted by Gasteiger charge is -2.20. The van der Waals surface area contributed by atoms with Gasteiger partial charge in [-0.2, -0.15) is 5.26 Å². The topological polar surface area (TPSA) is 33.0 Å². The second-order valence-corrected chi connectivity index (χ2v) is 5.06. The molecule has 0 aromatic heterocycles. The van der Waals surface area contributed by atoms with E-state index in [-0.39, 0.29) is 11.5 Å². The van der Waals surface area contributed by atoms with Crippen molar-refractivity contribution in [3.63, 3.8) is 0 Å². The maximum absolute atomic E-state index is 9.04. The minimum atomic E-state index is -0.335. The lowest BCUT2D eigenvalue weighted by atomic mass is 10.0. The van der Waals surface area contributed by atoms with Crippen LogP contribution in [0.3, 0.4) is 0 Å². The number of hydrogen-bond donors (Lipinski definition) is 0. The van der Waals surface area contributed by atoms with Crippen molar-refractivity contribution in [1.29, 1.82) is 5.26 Å². The Kier molecular flexibility index (Phi) is 4.34. The van der Waals surface area contributed by atoms with Crippen LogP contribution in [0.4, 0.5) is 0 Å². The summed E-state index contributed by atoms with van der Waals surface area (Å²) < 4.78 is 5.58. The third-order valence-electron chi connectivity index (χ3n) is 2.25. The number of nitrogens with zero attached hydrogens (tertiary/aromatic N) is 1. The molecule has 0 bridgehead atoms. The van der Waals surface area contributed by atoms with Gasteiger partial charge in [0.05, 0.1) is 0 Å². The Morgan fingerprint density at radius 2 is 1.88 bits per heavy atom. The number of allylic oxidation sites excluding steroid dienone is 2. The maximum Gasteiger partial charge on any atom is 0.194 e. The first-order valence-electron chi connectivity index (χ1n) is 5.78. The third-order valence-corrected chi connectivity index (χ3v) is 2.25. The van der Waals surface area contributed by atoms with Crippen molar-refractivity contribution in [2.24, 2.45) is 0 Å². The second kappa shape index (κ2) is 5.54. The first-order chi connectivity index (χ1) is 7.92. The molecule has 0 saturated carbocycles. The van der Waals surface area contributed by atoms with E-state index in [9.17, 15) is 0 Å². The molecule has 1 aromatic carbocycles. The molecule has 1 unspecified atom stereocenters. The molecule has 0 N–H and O–H groups in total. The molecule has 90 valence electrons. The fourth-order valence-corrected chi connectivity index (χ4v) is 1.50. The monoisotopic (exact) mass is 229 g/mol. The van der Waals surface area contributed by atoms with Crippen molar-refractivity contribution in [1.82, 2.24) is 0 Å². The minimum absolute atomic E-state index is 0.174. The molecular formula is C15H19NO. The summed E-state index contributed by atoms with van der Waals surface area (Å²) in [7, 11) is 0. The van der Waals surface area contributed by atoms with Gasteiger partial charge in [0.2, 0.25) is 0 Å². The summed E-state index contributed by atoms with van der Waals surface area (Å²) in [6.07, 6.45) is 1.86. The van der Waals surface area contributed by atoms with Crippen LogP contribution in [0.1, 0.15) is 39.2 Å². The predicted molar refractivity (Wildman–Crippen MR) is 69.4 cm³/mol. The highest BCUT2D eigenvalue weighted by atomic mass is 16.5. The van der Waals surface area contributed by atoms with E-state index in [0.29, 0.717) is 5.76 Å². The molecule has 0 saturated heterocycles. The zero-order valence-electron chi connectivity index (χ0n) is 10.9. The van der Waals surface area contributed by atoms with Gasteiger partial charge in [0, 0.05) is 5.92 Å². The number of hydrogen-bond acceptors (Lipinski definition) is 2. The van der Waals surface area contributed by atoms with Crippen LogP contribution in [0.2, 0.25) is 0 Å². The van der Waals surface area contributed by atoms with Gasteiger partial charge in [-0.3, -0.25) is 0 Å². The van der Waals surface area contributed by atoms with Crippen molar-refractivity contribution in [3.05, 3.63) is 47.7 Å². The molecule has 2 heteroatoms. The van der Waals surface area contributed by atoms with Crippen LogP contribution in [0.5, 0.6) is 0 Å². The molecule has 0 amide bonds. The first-order valence-corrected chi connectivity index (χ1v) is 5.78. The van der Waals surface area contributed by atoms with Gasteiger partial charge >= 0.3 is 0 Å². The fourth-order valence-electron chi connectivity index (χ4n) is 1.50. The van der Waals surface area contributed by atoms with Gasteiger partial charge in [-0.1, -0.05) is 37.3 Å². The van der Waals surface area contributed by atoms with Gasteiger partial charge in [0.1, 0.15) is 11.7 Å². The molecule has 0 heterocycles. The Morgan fingerprint density at radius 1 is 1.29 bits per heavy atom. The molecule has 2 nitrogen and oxygen atoms in total. The first kappa shape index (κ1) is 13.3. The summed E-state index contributed by atoms with van der Waals surface area (Å²) in [6.45, 7) is 7.86. The molecular weight excluding hydrogens is 210 g/mol. The highest BCUT2D eigenvalue weighted by molar-refractivity contribution is 5.27. The molecule has 0 aliphatic carbocycles. The van der Waals surface area contributed by atoms with E-state index < -0.39 is 0 Å². The van der Waals surface area contributed by atoms with Crippen LogP contribution in [0.25, 0.3) is 0 Å². The molecule has 0 spiro atoms. The Balaban J connectivity index is 2.83. The van der Waals surface area contributed by atoms with Gasteiger partial charge in [-0.05, 0) is 32.4 Å². The quantitative estimate of drug-likeness (QED) is 0.579. The predicted octanol–water partition coefficient (Wildman–Crippen LogP) is 4.01. The lowest BCUT2D eigenvalue weighted by Crippen LogP contribution is -2.18. The Bertz CT molecular complexity index is 420. The normalized spacial score (nSPS) is 13.9.